The van der Waals surface area contributed by atoms with E-state index in [0.717, 1.165) is 0 Å². The predicted molar refractivity (Wildman–Crippen MR) is 69.3 cm³/mol. The van der Waals surface area contributed by atoms with E-state index in [4.69, 9.17) is 21.1 Å². The number of benzene rings is 1. The van der Waals surface area contributed by atoms with Crippen LogP contribution in [0.3, 0.4) is 0 Å². The summed E-state index contributed by atoms with van der Waals surface area (Å²) in [7, 11) is 1.53. The molecule has 98 valence electrons. The molecule has 4 nitrogen and oxygen atoms in total. The summed E-state index contributed by atoms with van der Waals surface area (Å²) in [6.07, 6.45) is 0. The number of nitrogens with one attached hydrogen (secondary N) is 1. The number of carbonyl (C=O) groups excluding carboxylic acids is 1. The summed E-state index contributed by atoms with van der Waals surface area (Å²) in [5, 5.41) is 3.40. The largest absolute Gasteiger partial charge is 0.496 e. The lowest BCUT2D eigenvalue weighted by Crippen LogP contribution is -2.48. The molecule has 1 fully saturated rings. The van der Waals surface area contributed by atoms with Crippen molar-refractivity contribution in [1.82, 2.24) is 5.32 Å². The topological polar surface area (TPSA) is 47.6 Å². The Morgan fingerprint density at radius 1 is 1.56 bits per heavy atom. The maximum Gasteiger partial charge on any atom is 0.255 e. The second-order valence-corrected chi connectivity index (χ2v) is 5.27. The molecule has 1 N–H and O–H groups in total. The van der Waals surface area contributed by atoms with Crippen LogP contribution in [0.5, 0.6) is 5.75 Å². The highest BCUT2D eigenvalue weighted by atomic mass is 35.5. The Labute approximate surface area is 111 Å². The van der Waals surface area contributed by atoms with Crippen molar-refractivity contribution in [2.75, 3.05) is 26.9 Å². The molecule has 2 rings (SSSR count). The summed E-state index contributed by atoms with van der Waals surface area (Å²) in [4.78, 5) is 12.1. The van der Waals surface area contributed by atoms with Crippen LogP contribution in [0.1, 0.15) is 17.3 Å². The van der Waals surface area contributed by atoms with Crippen molar-refractivity contribution < 1.29 is 14.3 Å². The molecular weight excluding hydrogens is 254 g/mol. The van der Waals surface area contributed by atoms with Gasteiger partial charge in [-0.25, -0.2) is 0 Å². The van der Waals surface area contributed by atoms with Gasteiger partial charge in [0.25, 0.3) is 5.91 Å². The molecule has 0 bridgehead atoms. The van der Waals surface area contributed by atoms with Crippen molar-refractivity contribution >= 4 is 17.5 Å². The highest BCUT2D eigenvalue weighted by Crippen LogP contribution is 2.26. The molecule has 0 aliphatic carbocycles. The summed E-state index contributed by atoms with van der Waals surface area (Å²) in [6.45, 7) is 4.02. The summed E-state index contributed by atoms with van der Waals surface area (Å²) < 4.78 is 10.3. The molecule has 0 saturated carbocycles. The molecular formula is C13H16ClNO3. The molecule has 0 spiro atoms. The van der Waals surface area contributed by atoms with Crippen molar-refractivity contribution in [2.45, 2.75) is 6.92 Å². The van der Waals surface area contributed by atoms with Crippen LogP contribution in [0.25, 0.3) is 0 Å². The number of rotatable bonds is 4. The van der Waals surface area contributed by atoms with E-state index in [0.29, 0.717) is 36.1 Å². The van der Waals surface area contributed by atoms with E-state index in [9.17, 15) is 4.79 Å². The third kappa shape index (κ3) is 2.76. The van der Waals surface area contributed by atoms with Crippen molar-refractivity contribution in [3.63, 3.8) is 0 Å². The van der Waals surface area contributed by atoms with E-state index < -0.39 is 0 Å². The van der Waals surface area contributed by atoms with Crippen LogP contribution < -0.4 is 10.1 Å². The molecule has 1 aliphatic rings. The van der Waals surface area contributed by atoms with Crippen molar-refractivity contribution in [2.24, 2.45) is 5.41 Å². The van der Waals surface area contributed by atoms with Crippen LogP contribution in [-0.2, 0) is 4.74 Å². The van der Waals surface area contributed by atoms with Gasteiger partial charge in [0, 0.05) is 17.0 Å². The van der Waals surface area contributed by atoms with E-state index in [1.54, 1.807) is 18.2 Å². The van der Waals surface area contributed by atoms with Gasteiger partial charge in [0.15, 0.2) is 0 Å². The fourth-order valence-electron chi connectivity index (χ4n) is 1.80. The van der Waals surface area contributed by atoms with Crippen molar-refractivity contribution in [1.29, 1.82) is 0 Å². The van der Waals surface area contributed by atoms with Crippen LogP contribution in [0.4, 0.5) is 0 Å². The Kier molecular flexibility index (Phi) is 3.78. The van der Waals surface area contributed by atoms with Gasteiger partial charge in [0.2, 0.25) is 0 Å². The first-order valence-corrected chi connectivity index (χ1v) is 6.11. The number of amides is 1. The van der Waals surface area contributed by atoms with Gasteiger partial charge in [0.1, 0.15) is 5.75 Å². The van der Waals surface area contributed by atoms with E-state index >= 15 is 0 Å². The van der Waals surface area contributed by atoms with Crippen LogP contribution in [-0.4, -0.2) is 32.8 Å². The third-order valence-electron chi connectivity index (χ3n) is 2.98. The summed E-state index contributed by atoms with van der Waals surface area (Å²) in [6, 6.07) is 4.99. The number of methoxy groups -OCH3 is 1. The van der Waals surface area contributed by atoms with E-state index in [2.05, 4.69) is 12.2 Å². The molecule has 1 saturated heterocycles. The Balaban J connectivity index is 2.05. The fraction of sp³-hybridized carbons (Fsp3) is 0.462. The van der Waals surface area contributed by atoms with Crippen LogP contribution in [0.15, 0.2) is 18.2 Å². The Hall–Kier alpha value is -1.26. The molecule has 0 atom stereocenters. The zero-order valence-electron chi connectivity index (χ0n) is 10.5. The van der Waals surface area contributed by atoms with E-state index in [-0.39, 0.29) is 11.3 Å². The molecule has 0 radical (unpaired) electrons. The lowest BCUT2D eigenvalue weighted by molar-refractivity contribution is -0.0978. The minimum Gasteiger partial charge on any atom is -0.496 e. The fourth-order valence-corrected chi connectivity index (χ4v) is 1.97. The lowest BCUT2D eigenvalue weighted by atomic mass is 9.88. The molecule has 0 aromatic heterocycles. The maximum atomic E-state index is 12.1. The molecule has 1 heterocycles. The smallest absolute Gasteiger partial charge is 0.255 e. The van der Waals surface area contributed by atoms with E-state index in [1.807, 2.05) is 0 Å². The van der Waals surface area contributed by atoms with Crippen LogP contribution >= 0.6 is 11.6 Å². The van der Waals surface area contributed by atoms with E-state index in [1.165, 1.54) is 7.11 Å². The monoisotopic (exact) mass is 269 g/mol. The Bertz CT molecular complexity index is 458. The minimum atomic E-state index is -0.178. The second kappa shape index (κ2) is 5.16. The first kappa shape index (κ1) is 13.2. The third-order valence-corrected chi connectivity index (χ3v) is 3.22. The van der Waals surface area contributed by atoms with Gasteiger partial charge < -0.3 is 14.8 Å². The summed E-state index contributed by atoms with van der Waals surface area (Å²) >= 11 is 5.89. The highest BCUT2D eigenvalue weighted by Gasteiger charge is 2.33. The van der Waals surface area contributed by atoms with Gasteiger partial charge in [-0.05, 0) is 18.2 Å². The molecule has 18 heavy (non-hydrogen) atoms. The SMILES string of the molecule is COc1ccc(Cl)cc1C(=O)NCC1(C)COC1. The highest BCUT2D eigenvalue weighted by molar-refractivity contribution is 6.31. The predicted octanol–water partition coefficient (Wildman–Crippen LogP) is 2.11. The number of halogens is 1. The normalized spacial score (nSPS) is 16.8. The molecule has 1 aliphatic heterocycles. The van der Waals surface area contributed by atoms with Crippen LogP contribution in [0.2, 0.25) is 5.02 Å². The molecule has 5 heteroatoms. The first-order valence-electron chi connectivity index (χ1n) is 5.74. The van der Waals surface area contributed by atoms with Gasteiger partial charge in [0.05, 0.1) is 25.9 Å². The number of carbonyl (C=O) groups is 1. The average Bonchev–Trinajstić information content (AvgIpc) is 2.33. The summed E-state index contributed by atoms with van der Waals surface area (Å²) in [5.41, 5.74) is 0.496. The zero-order chi connectivity index (χ0) is 13.2. The molecule has 0 unspecified atom stereocenters. The van der Waals surface area contributed by atoms with Gasteiger partial charge in [-0.15, -0.1) is 0 Å². The van der Waals surface area contributed by atoms with Crippen LogP contribution in [0, 0.1) is 5.41 Å². The first-order chi connectivity index (χ1) is 8.54. The average molecular weight is 270 g/mol. The second-order valence-electron chi connectivity index (χ2n) is 4.83. The van der Waals surface area contributed by atoms with Crippen molar-refractivity contribution in [3.8, 4) is 5.75 Å². The number of ether oxygens (including phenoxy) is 2. The molecule has 1 aromatic carbocycles. The number of hydrogen-bond acceptors (Lipinski definition) is 3. The molecule has 1 aromatic rings. The zero-order valence-corrected chi connectivity index (χ0v) is 11.2. The summed E-state index contributed by atoms with van der Waals surface area (Å²) in [5.74, 6) is 0.342. The Morgan fingerprint density at radius 2 is 2.28 bits per heavy atom. The van der Waals surface area contributed by atoms with Gasteiger partial charge in [-0.1, -0.05) is 18.5 Å². The minimum absolute atomic E-state index is 0.0431. The van der Waals surface area contributed by atoms with Crippen molar-refractivity contribution in [3.05, 3.63) is 28.8 Å². The van der Waals surface area contributed by atoms with Gasteiger partial charge >= 0.3 is 0 Å². The standard InChI is InChI=1S/C13H16ClNO3/c1-13(7-18-8-13)6-15-12(16)10-5-9(14)3-4-11(10)17-2/h3-5H,6-8H2,1-2H3,(H,15,16). The maximum absolute atomic E-state index is 12.1. The van der Waals surface area contributed by atoms with Gasteiger partial charge in [-0.3, -0.25) is 4.79 Å². The quantitative estimate of drug-likeness (QED) is 0.911. The van der Waals surface area contributed by atoms with Gasteiger partial charge in [-0.2, -0.15) is 0 Å². The Morgan fingerprint density at radius 3 is 2.83 bits per heavy atom. The lowest BCUT2D eigenvalue weighted by Gasteiger charge is -2.38. The molecule has 1 amide bonds. The number of hydrogen-bond donors (Lipinski definition) is 1.